The summed E-state index contributed by atoms with van der Waals surface area (Å²) < 4.78 is 7.72. The summed E-state index contributed by atoms with van der Waals surface area (Å²) in [6, 6.07) is 0. The van der Waals surface area contributed by atoms with Gasteiger partial charge in [-0.25, -0.2) is 11.9 Å². The molecule has 0 spiro atoms. The molecule has 2 N–H and O–H groups in total. The van der Waals surface area contributed by atoms with Crippen LogP contribution in [0.2, 0.25) is 0 Å². The number of halogens is 1. The van der Waals surface area contributed by atoms with Crippen molar-refractivity contribution in [3.05, 3.63) is 0 Å². The molecule has 0 unspecified atom stereocenters. The Morgan fingerprint density at radius 1 is 1.20 bits per heavy atom. The first-order valence-electron chi connectivity index (χ1n) is 0.354. The molecule has 0 aromatic rings. The van der Waals surface area contributed by atoms with E-state index in [0.717, 1.165) is 0 Å². The molecule has 0 atom stereocenters. The quantitative estimate of drug-likeness (QED) is 0.192. The van der Waals surface area contributed by atoms with Gasteiger partial charge in [0.25, 0.3) is 0 Å². The number of rotatable bonds is 0. The maximum Gasteiger partial charge on any atom is 1.00 e. The predicted octanol–water partition coefficient (Wildman–Crippen LogP) is -3.48. The van der Waals surface area contributed by atoms with Crippen molar-refractivity contribution in [2.75, 3.05) is 0 Å². The second-order valence-corrected chi connectivity index (χ2v) is 0. The molecular weight excluding hydrogens is 106 g/mol. The minimum absolute atomic E-state index is 0. The Labute approximate surface area is 56.6 Å². The largest absolute Gasteiger partial charge is 1.00 e. The minimum atomic E-state index is 0. The molecule has 5 heavy (non-hydrogen) atoms. The van der Waals surface area contributed by atoms with Crippen molar-refractivity contribution in [3.63, 3.8) is 0 Å². The van der Waals surface area contributed by atoms with Crippen molar-refractivity contribution in [1.29, 1.82) is 0 Å². The van der Waals surface area contributed by atoms with Crippen molar-refractivity contribution >= 4 is 11.9 Å². The molecule has 3 nitrogen and oxygen atoms in total. The first-order chi connectivity index (χ1) is 2.00. The molecule has 0 radical (unpaired) electrons. The van der Waals surface area contributed by atoms with Crippen LogP contribution in [0.3, 0.4) is 0 Å². The van der Waals surface area contributed by atoms with Gasteiger partial charge in [-0.1, -0.05) is 0 Å². The van der Waals surface area contributed by atoms with Crippen molar-refractivity contribution in [3.8, 4) is 0 Å². The summed E-state index contributed by atoms with van der Waals surface area (Å²) >= 11 is 3.39. The van der Waals surface area contributed by atoms with E-state index in [1.54, 1.807) is 0 Å². The normalized spacial score (nSPS) is 2.40. The molecule has 28 valence electrons. The van der Waals surface area contributed by atoms with Gasteiger partial charge < -0.3 is 4.66 Å². The van der Waals surface area contributed by atoms with Gasteiger partial charge in [-0.15, -0.1) is 0 Å². The molecule has 0 saturated carbocycles. The topological polar surface area (TPSA) is 63.5 Å². The minimum Gasteiger partial charge on any atom is -0.769 e. The van der Waals surface area contributed by atoms with E-state index in [-0.39, 0.29) is 29.6 Å². The van der Waals surface area contributed by atoms with Crippen LogP contribution in [0.5, 0.6) is 0 Å². The molecule has 0 saturated heterocycles. The summed E-state index contributed by atoms with van der Waals surface area (Å²) in [6.45, 7) is 0. The van der Waals surface area contributed by atoms with E-state index in [0.29, 0.717) is 0 Å². The molecule has 0 bridgehead atoms. The SMILES string of the molecule is OO.[Na+].[O-]Cl. The van der Waals surface area contributed by atoms with Crippen LogP contribution in [0, 0.1) is 0 Å². The van der Waals surface area contributed by atoms with Gasteiger partial charge in [-0.3, -0.25) is 10.5 Å². The van der Waals surface area contributed by atoms with Gasteiger partial charge in [0.2, 0.25) is 0 Å². The zero-order chi connectivity index (χ0) is 4.00. The first-order valence-corrected chi connectivity index (χ1v) is 0.663. The van der Waals surface area contributed by atoms with Crippen LogP contribution in [0.15, 0.2) is 0 Å². The maximum atomic E-state index is 7.72. The Bertz CT molecular complexity index is 6.85. The van der Waals surface area contributed by atoms with Crippen molar-refractivity contribution < 1.29 is 44.7 Å². The third-order valence-corrected chi connectivity index (χ3v) is 0. The van der Waals surface area contributed by atoms with E-state index in [2.05, 4.69) is 11.9 Å². The standard InChI is InChI=1S/ClO.Na.H2O2/c1-2;;1-2/h;;1-2H/q-1;+1;. The monoisotopic (exact) mass is 108 g/mol. The zero-order valence-corrected chi connectivity index (χ0v) is 5.44. The third-order valence-electron chi connectivity index (χ3n) is 0. The Morgan fingerprint density at radius 2 is 1.20 bits per heavy atom. The van der Waals surface area contributed by atoms with Crippen LogP contribution in [-0.4, -0.2) is 10.5 Å². The second kappa shape index (κ2) is 65.7. The summed E-state index contributed by atoms with van der Waals surface area (Å²) in [4.78, 5) is 0. The second-order valence-electron chi connectivity index (χ2n) is 0. The van der Waals surface area contributed by atoms with Gasteiger partial charge in [-0.2, -0.15) is 0 Å². The molecular formula is H2ClNaO3. The molecule has 0 aromatic carbocycles. The van der Waals surface area contributed by atoms with Crippen LogP contribution in [0.1, 0.15) is 0 Å². The summed E-state index contributed by atoms with van der Waals surface area (Å²) in [5, 5.41) is 12.0. The molecule has 0 aliphatic rings. The van der Waals surface area contributed by atoms with Gasteiger partial charge in [0.1, 0.15) is 0 Å². The fourth-order valence-corrected chi connectivity index (χ4v) is 0. The van der Waals surface area contributed by atoms with Crippen molar-refractivity contribution in [2.24, 2.45) is 0 Å². The maximum absolute atomic E-state index is 7.72. The van der Waals surface area contributed by atoms with E-state index in [4.69, 9.17) is 15.2 Å². The van der Waals surface area contributed by atoms with Crippen LogP contribution < -0.4 is 34.2 Å². The Balaban J connectivity index is -0.0000000133. The molecule has 0 heterocycles. The summed E-state index contributed by atoms with van der Waals surface area (Å²) in [5.74, 6) is 0. The Hall–Kier alpha value is 1.17. The molecule has 0 fully saturated rings. The molecule has 0 aliphatic carbocycles. The summed E-state index contributed by atoms with van der Waals surface area (Å²) in [5.41, 5.74) is 0. The number of hydrogen-bond donors (Lipinski definition) is 2. The van der Waals surface area contributed by atoms with E-state index < -0.39 is 0 Å². The van der Waals surface area contributed by atoms with Crippen molar-refractivity contribution in [1.82, 2.24) is 0 Å². The average Bonchev–Trinajstić information content (AvgIpc) is 1.50. The molecule has 0 rings (SSSR count). The molecule has 5 heteroatoms. The van der Waals surface area contributed by atoms with Crippen LogP contribution in [0.25, 0.3) is 0 Å². The van der Waals surface area contributed by atoms with Gasteiger partial charge in [0.15, 0.2) is 0 Å². The molecule has 0 aromatic heterocycles. The van der Waals surface area contributed by atoms with E-state index in [1.165, 1.54) is 0 Å². The van der Waals surface area contributed by atoms with Gasteiger partial charge >= 0.3 is 29.6 Å². The zero-order valence-electron chi connectivity index (χ0n) is 2.68. The molecule has 0 amide bonds. The van der Waals surface area contributed by atoms with Gasteiger partial charge in [0.05, 0.1) is 0 Å². The predicted molar refractivity (Wildman–Crippen MR) is 11.1 cm³/mol. The van der Waals surface area contributed by atoms with Crippen molar-refractivity contribution in [2.45, 2.75) is 0 Å². The molecule has 0 aliphatic heterocycles. The van der Waals surface area contributed by atoms with Gasteiger partial charge in [-0.05, 0) is 0 Å². The summed E-state index contributed by atoms with van der Waals surface area (Å²) in [6.07, 6.45) is 0. The fraction of sp³-hybridized carbons (Fsp3) is 0. The Morgan fingerprint density at radius 3 is 1.20 bits per heavy atom. The first kappa shape index (κ1) is 16.4. The number of hydrogen-bond acceptors (Lipinski definition) is 3. The van der Waals surface area contributed by atoms with Crippen LogP contribution in [0.4, 0.5) is 0 Å². The average molecular weight is 108 g/mol. The van der Waals surface area contributed by atoms with Gasteiger partial charge in [0, 0.05) is 0 Å². The summed E-state index contributed by atoms with van der Waals surface area (Å²) in [7, 11) is 0. The van der Waals surface area contributed by atoms with Crippen LogP contribution >= 0.6 is 11.9 Å². The smallest absolute Gasteiger partial charge is 0.769 e. The fourth-order valence-electron chi connectivity index (χ4n) is 0. The van der Waals surface area contributed by atoms with E-state index >= 15 is 0 Å². The Kier molecular flexibility index (Phi) is 216. The van der Waals surface area contributed by atoms with E-state index in [9.17, 15) is 0 Å². The van der Waals surface area contributed by atoms with Crippen LogP contribution in [-0.2, 0) is 0 Å². The third kappa shape index (κ3) is 38.0. The van der Waals surface area contributed by atoms with E-state index in [1.807, 2.05) is 0 Å².